The Balaban J connectivity index is 2.43. The highest BCUT2D eigenvalue weighted by Crippen LogP contribution is 2.07. The van der Waals surface area contributed by atoms with Gasteiger partial charge in [-0.15, -0.1) is 0 Å². The molecular formula is C12H16N2O2. The molecule has 16 heavy (non-hydrogen) atoms. The third kappa shape index (κ3) is 4.13. The predicted molar refractivity (Wildman–Crippen MR) is 61.5 cm³/mol. The summed E-state index contributed by atoms with van der Waals surface area (Å²) in [6.45, 7) is 1.72. The summed E-state index contributed by atoms with van der Waals surface area (Å²) in [5.74, 6) is -0.843. The molecule has 0 heterocycles. The molecule has 1 aromatic carbocycles. The molecule has 1 unspecified atom stereocenters. The van der Waals surface area contributed by atoms with Gasteiger partial charge in [-0.2, -0.15) is 0 Å². The van der Waals surface area contributed by atoms with Crippen LogP contribution in [0, 0.1) is 5.92 Å². The van der Waals surface area contributed by atoms with E-state index in [0.717, 1.165) is 5.56 Å². The van der Waals surface area contributed by atoms with Gasteiger partial charge < -0.3 is 11.1 Å². The maximum Gasteiger partial charge on any atom is 0.236 e. The van der Waals surface area contributed by atoms with Gasteiger partial charge in [-0.25, -0.2) is 0 Å². The highest BCUT2D eigenvalue weighted by molar-refractivity contribution is 5.84. The topological polar surface area (TPSA) is 72.2 Å². The van der Waals surface area contributed by atoms with Crippen molar-refractivity contribution >= 4 is 11.8 Å². The van der Waals surface area contributed by atoms with Gasteiger partial charge >= 0.3 is 0 Å². The lowest BCUT2D eigenvalue weighted by Crippen LogP contribution is -2.36. The second kappa shape index (κ2) is 5.90. The van der Waals surface area contributed by atoms with Crippen molar-refractivity contribution in [3.63, 3.8) is 0 Å². The number of nitrogens with one attached hydrogen (secondary N) is 1. The number of primary amides is 1. The molecule has 1 rings (SSSR count). The Morgan fingerprint density at radius 2 is 1.94 bits per heavy atom. The number of hydrogen-bond donors (Lipinski definition) is 2. The molecule has 0 aliphatic carbocycles. The monoisotopic (exact) mass is 220 g/mol. The van der Waals surface area contributed by atoms with Crippen molar-refractivity contribution in [2.45, 2.75) is 13.3 Å². The maximum atomic E-state index is 11.5. The fourth-order valence-corrected chi connectivity index (χ4v) is 1.41. The summed E-state index contributed by atoms with van der Waals surface area (Å²) in [6.07, 6.45) is 0.658. The van der Waals surface area contributed by atoms with E-state index in [1.54, 1.807) is 0 Å². The zero-order valence-corrected chi connectivity index (χ0v) is 9.27. The molecule has 3 N–H and O–H groups in total. The number of benzene rings is 1. The SMILES string of the molecule is CC(Cc1ccccc1)C(=O)NCC(N)=O. The number of nitrogens with two attached hydrogens (primary N) is 1. The Hall–Kier alpha value is -1.84. The van der Waals surface area contributed by atoms with E-state index in [0.29, 0.717) is 6.42 Å². The van der Waals surface area contributed by atoms with Gasteiger partial charge in [-0.3, -0.25) is 9.59 Å². The van der Waals surface area contributed by atoms with Gasteiger partial charge in [0.1, 0.15) is 0 Å². The minimum absolute atomic E-state index is 0.0992. The Labute approximate surface area is 94.8 Å². The average molecular weight is 220 g/mol. The summed E-state index contributed by atoms with van der Waals surface area (Å²) in [4.78, 5) is 22.0. The van der Waals surface area contributed by atoms with E-state index in [9.17, 15) is 9.59 Å². The molecule has 0 spiro atoms. The maximum absolute atomic E-state index is 11.5. The lowest BCUT2D eigenvalue weighted by atomic mass is 10.0. The van der Waals surface area contributed by atoms with Gasteiger partial charge in [0.2, 0.25) is 11.8 Å². The van der Waals surface area contributed by atoms with Crippen LogP contribution in [0.4, 0.5) is 0 Å². The molecule has 2 amide bonds. The molecule has 1 atom stereocenters. The normalized spacial score (nSPS) is 11.8. The molecular weight excluding hydrogens is 204 g/mol. The number of amides is 2. The summed E-state index contributed by atoms with van der Waals surface area (Å²) in [5, 5.41) is 2.49. The van der Waals surface area contributed by atoms with Crippen LogP contribution < -0.4 is 11.1 Å². The van der Waals surface area contributed by atoms with Crippen molar-refractivity contribution in [2.75, 3.05) is 6.54 Å². The summed E-state index contributed by atoms with van der Waals surface area (Å²) in [7, 11) is 0. The van der Waals surface area contributed by atoms with Crippen LogP contribution in [0.1, 0.15) is 12.5 Å². The van der Waals surface area contributed by atoms with Gasteiger partial charge in [-0.05, 0) is 12.0 Å². The molecule has 0 radical (unpaired) electrons. The van der Waals surface area contributed by atoms with Crippen molar-refractivity contribution < 1.29 is 9.59 Å². The van der Waals surface area contributed by atoms with Crippen molar-refractivity contribution in [1.82, 2.24) is 5.32 Å². The Kier molecular flexibility index (Phi) is 4.51. The minimum atomic E-state index is -0.528. The molecule has 0 saturated heterocycles. The Morgan fingerprint density at radius 1 is 1.31 bits per heavy atom. The second-order valence-corrected chi connectivity index (χ2v) is 3.77. The smallest absolute Gasteiger partial charge is 0.236 e. The van der Waals surface area contributed by atoms with Crippen molar-refractivity contribution in [3.8, 4) is 0 Å². The molecule has 86 valence electrons. The highest BCUT2D eigenvalue weighted by Gasteiger charge is 2.13. The lowest BCUT2D eigenvalue weighted by Gasteiger charge is -2.11. The van der Waals surface area contributed by atoms with Crippen molar-refractivity contribution in [2.24, 2.45) is 11.7 Å². The van der Waals surface area contributed by atoms with Crippen molar-refractivity contribution in [1.29, 1.82) is 0 Å². The van der Waals surface area contributed by atoms with Crippen LogP contribution >= 0.6 is 0 Å². The molecule has 0 aliphatic rings. The van der Waals surface area contributed by atoms with Gasteiger partial charge in [0.25, 0.3) is 0 Å². The molecule has 4 heteroatoms. The van der Waals surface area contributed by atoms with Crippen LogP contribution in [0.3, 0.4) is 0 Å². The van der Waals surface area contributed by atoms with Gasteiger partial charge in [0, 0.05) is 5.92 Å². The van der Waals surface area contributed by atoms with Gasteiger partial charge in [-0.1, -0.05) is 37.3 Å². The first kappa shape index (κ1) is 12.2. The summed E-state index contributed by atoms with van der Waals surface area (Å²) in [6, 6.07) is 9.74. The van der Waals surface area contributed by atoms with E-state index in [4.69, 9.17) is 5.73 Å². The van der Waals surface area contributed by atoms with Gasteiger partial charge in [0.05, 0.1) is 6.54 Å². The highest BCUT2D eigenvalue weighted by atomic mass is 16.2. The third-order valence-electron chi connectivity index (χ3n) is 2.27. The summed E-state index contributed by atoms with van der Waals surface area (Å²) >= 11 is 0. The molecule has 0 aliphatic heterocycles. The van der Waals surface area contributed by atoms with E-state index < -0.39 is 5.91 Å². The minimum Gasteiger partial charge on any atom is -0.368 e. The quantitative estimate of drug-likeness (QED) is 0.757. The standard InChI is InChI=1S/C12H16N2O2/c1-9(12(16)14-8-11(13)15)7-10-5-3-2-4-6-10/h2-6,9H,7-8H2,1H3,(H2,13,15)(H,14,16). The van der Waals surface area contributed by atoms with E-state index in [1.807, 2.05) is 37.3 Å². The van der Waals surface area contributed by atoms with Gasteiger partial charge in [0.15, 0.2) is 0 Å². The van der Waals surface area contributed by atoms with Crippen LogP contribution in [0.25, 0.3) is 0 Å². The van der Waals surface area contributed by atoms with E-state index in [2.05, 4.69) is 5.32 Å². The third-order valence-corrected chi connectivity index (χ3v) is 2.27. The first-order valence-electron chi connectivity index (χ1n) is 5.19. The number of rotatable bonds is 5. The van der Waals surface area contributed by atoms with Crippen LogP contribution in [0.5, 0.6) is 0 Å². The Morgan fingerprint density at radius 3 is 2.50 bits per heavy atom. The lowest BCUT2D eigenvalue weighted by molar-refractivity contribution is -0.127. The largest absolute Gasteiger partial charge is 0.368 e. The molecule has 0 fully saturated rings. The van der Waals surface area contributed by atoms with E-state index >= 15 is 0 Å². The molecule has 0 bridgehead atoms. The fraction of sp³-hybridized carbons (Fsp3) is 0.333. The van der Waals surface area contributed by atoms with Crippen LogP contribution in [-0.4, -0.2) is 18.4 Å². The number of carbonyl (C=O) groups excluding carboxylic acids is 2. The van der Waals surface area contributed by atoms with E-state index in [-0.39, 0.29) is 18.4 Å². The van der Waals surface area contributed by atoms with Crippen LogP contribution in [-0.2, 0) is 16.0 Å². The molecule has 0 aromatic heterocycles. The molecule has 4 nitrogen and oxygen atoms in total. The first-order chi connectivity index (χ1) is 7.59. The van der Waals surface area contributed by atoms with Crippen LogP contribution in [0.15, 0.2) is 30.3 Å². The zero-order valence-electron chi connectivity index (χ0n) is 9.27. The summed E-state index contributed by atoms with van der Waals surface area (Å²) in [5.41, 5.74) is 6.04. The number of carbonyl (C=O) groups is 2. The molecule has 0 saturated carbocycles. The second-order valence-electron chi connectivity index (χ2n) is 3.77. The van der Waals surface area contributed by atoms with E-state index in [1.165, 1.54) is 0 Å². The Bertz CT molecular complexity index is 363. The summed E-state index contributed by atoms with van der Waals surface area (Å²) < 4.78 is 0. The average Bonchev–Trinajstić information content (AvgIpc) is 2.27. The zero-order chi connectivity index (χ0) is 12.0. The van der Waals surface area contributed by atoms with Crippen LogP contribution in [0.2, 0.25) is 0 Å². The molecule has 1 aromatic rings. The number of hydrogen-bond acceptors (Lipinski definition) is 2. The predicted octanol–water partition coefficient (Wildman–Crippen LogP) is 0.467. The van der Waals surface area contributed by atoms with Crippen molar-refractivity contribution in [3.05, 3.63) is 35.9 Å². The first-order valence-corrected chi connectivity index (χ1v) is 5.19. The fourth-order valence-electron chi connectivity index (χ4n) is 1.41.